The summed E-state index contributed by atoms with van der Waals surface area (Å²) >= 11 is 0. The van der Waals surface area contributed by atoms with E-state index in [1.807, 2.05) is 11.8 Å². The summed E-state index contributed by atoms with van der Waals surface area (Å²) in [6.07, 6.45) is 3.78. The Bertz CT molecular complexity index is 609. The van der Waals surface area contributed by atoms with Gasteiger partial charge in [0, 0.05) is 26.1 Å². The van der Waals surface area contributed by atoms with E-state index in [-0.39, 0.29) is 24.7 Å². The second-order valence-electron chi connectivity index (χ2n) is 7.47. The van der Waals surface area contributed by atoms with Crippen LogP contribution in [0.2, 0.25) is 0 Å². The van der Waals surface area contributed by atoms with Crippen molar-refractivity contribution in [2.24, 2.45) is 5.92 Å². The molecule has 5 heteroatoms. The first-order valence-electron chi connectivity index (χ1n) is 10.1. The molecule has 0 aromatic heterocycles. The highest BCUT2D eigenvalue weighted by molar-refractivity contribution is 5.81. The molecule has 1 heterocycles. The molecule has 0 bridgehead atoms. The zero-order chi connectivity index (χ0) is 19.6. The number of carbonyl (C=O) groups excluding carboxylic acids is 2. The predicted molar refractivity (Wildman–Crippen MR) is 108 cm³/mol. The zero-order valence-corrected chi connectivity index (χ0v) is 17.1. The topological polar surface area (TPSA) is 49.9 Å². The Kier molecular flexibility index (Phi) is 8.79. The first-order chi connectivity index (χ1) is 13.0. The summed E-state index contributed by atoms with van der Waals surface area (Å²) in [4.78, 5) is 28.0. The van der Waals surface area contributed by atoms with Gasteiger partial charge in [0.15, 0.2) is 0 Å². The van der Waals surface area contributed by atoms with E-state index >= 15 is 0 Å². The van der Waals surface area contributed by atoms with Crippen molar-refractivity contribution in [3.63, 3.8) is 0 Å². The summed E-state index contributed by atoms with van der Waals surface area (Å²) in [6, 6.07) is 8.61. The number of likely N-dealkylation sites (tertiary alicyclic amines) is 1. The lowest BCUT2D eigenvalue weighted by Gasteiger charge is -2.34. The van der Waals surface area contributed by atoms with Gasteiger partial charge in [-0.3, -0.25) is 9.59 Å². The average Bonchev–Trinajstić information content (AvgIpc) is 2.70. The molecule has 0 spiro atoms. The molecule has 150 valence electrons. The second kappa shape index (κ2) is 11.1. The number of hydrogen-bond acceptors (Lipinski definition) is 4. The summed E-state index contributed by atoms with van der Waals surface area (Å²) in [5.74, 6) is 0.299. The van der Waals surface area contributed by atoms with Crippen LogP contribution in [0.4, 0.5) is 0 Å². The molecular weight excluding hydrogens is 340 g/mol. The maximum absolute atomic E-state index is 12.3. The second-order valence-corrected chi connectivity index (χ2v) is 7.47. The lowest BCUT2D eigenvalue weighted by atomic mass is 9.95. The molecule has 1 aromatic carbocycles. The third-order valence-electron chi connectivity index (χ3n) is 5.65. The van der Waals surface area contributed by atoms with Crippen molar-refractivity contribution >= 4 is 11.9 Å². The molecule has 5 nitrogen and oxygen atoms in total. The van der Waals surface area contributed by atoms with Gasteiger partial charge in [0.2, 0.25) is 5.91 Å². The number of hydrogen-bond donors (Lipinski definition) is 0. The first-order valence-corrected chi connectivity index (χ1v) is 10.1. The van der Waals surface area contributed by atoms with Crippen LogP contribution in [0.3, 0.4) is 0 Å². The molecule has 1 aromatic rings. The van der Waals surface area contributed by atoms with Crippen molar-refractivity contribution in [1.82, 2.24) is 9.80 Å². The number of nitrogens with zero attached hydrogens (tertiary/aromatic N) is 2. The van der Waals surface area contributed by atoms with Crippen molar-refractivity contribution < 1.29 is 14.3 Å². The highest BCUT2D eigenvalue weighted by Crippen LogP contribution is 2.20. The number of methoxy groups -OCH3 is 1. The third-order valence-corrected chi connectivity index (χ3v) is 5.65. The molecule has 0 aliphatic carbocycles. The van der Waals surface area contributed by atoms with Crippen molar-refractivity contribution in [2.75, 3.05) is 39.8 Å². The fourth-order valence-electron chi connectivity index (χ4n) is 3.75. The normalized spacial score (nSPS) is 15.5. The van der Waals surface area contributed by atoms with Gasteiger partial charge in [-0.15, -0.1) is 0 Å². The molecule has 1 saturated heterocycles. The van der Waals surface area contributed by atoms with Crippen LogP contribution in [0, 0.1) is 12.8 Å². The van der Waals surface area contributed by atoms with E-state index < -0.39 is 0 Å². The van der Waals surface area contributed by atoms with Crippen molar-refractivity contribution in [3.05, 3.63) is 35.4 Å². The smallest absolute Gasteiger partial charge is 0.306 e. The molecule has 1 fully saturated rings. The molecular formula is C22H34N2O3. The van der Waals surface area contributed by atoms with E-state index in [2.05, 4.69) is 40.8 Å². The minimum Gasteiger partial charge on any atom is -0.469 e. The fraction of sp³-hybridized carbons (Fsp3) is 0.636. The Balaban J connectivity index is 1.71. The maximum Gasteiger partial charge on any atom is 0.306 e. The van der Waals surface area contributed by atoms with Crippen molar-refractivity contribution in [3.8, 4) is 0 Å². The van der Waals surface area contributed by atoms with Crippen molar-refractivity contribution in [1.29, 1.82) is 0 Å². The number of aryl methyl sites for hydroxylation is 1. The molecule has 0 unspecified atom stereocenters. The number of benzene rings is 1. The van der Waals surface area contributed by atoms with Gasteiger partial charge in [0.25, 0.3) is 0 Å². The van der Waals surface area contributed by atoms with Gasteiger partial charge in [-0.2, -0.15) is 0 Å². The van der Waals surface area contributed by atoms with Gasteiger partial charge in [-0.05, 0) is 63.2 Å². The van der Waals surface area contributed by atoms with Crippen LogP contribution >= 0.6 is 0 Å². The quantitative estimate of drug-likeness (QED) is 0.624. The van der Waals surface area contributed by atoms with Gasteiger partial charge in [0.05, 0.1) is 13.5 Å². The van der Waals surface area contributed by atoms with Gasteiger partial charge in [-0.25, -0.2) is 0 Å². The fourth-order valence-corrected chi connectivity index (χ4v) is 3.75. The van der Waals surface area contributed by atoms with Crippen LogP contribution in [0.1, 0.15) is 43.7 Å². The van der Waals surface area contributed by atoms with E-state index in [1.165, 1.54) is 18.2 Å². The van der Waals surface area contributed by atoms with Gasteiger partial charge in [-0.1, -0.05) is 24.3 Å². The molecule has 1 aliphatic rings. The number of ether oxygens (including phenoxy) is 1. The van der Waals surface area contributed by atoms with E-state index in [9.17, 15) is 9.59 Å². The Morgan fingerprint density at radius 1 is 1.19 bits per heavy atom. The zero-order valence-electron chi connectivity index (χ0n) is 17.1. The number of rotatable bonds is 9. The molecule has 2 rings (SSSR count). The third kappa shape index (κ3) is 6.98. The monoisotopic (exact) mass is 374 g/mol. The van der Waals surface area contributed by atoms with E-state index in [4.69, 9.17) is 0 Å². The maximum atomic E-state index is 12.3. The van der Waals surface area contributed by atoms with E-state index in [0.29, 0.717) is 12.5 Å². The van der Waals surface area contributed by atoms with Crippen LogP contribution in [0.5, 0.6) is 0 Å². The molecule has 0 N–H and O–H groups in total. The molecule has 0 atom stereocenters. The van der Waals surface area contributed by atoms with Crippen LogP contribution in [0.25, 0.3) is 0 Å². The van der Waals surface area contributed by atoms with Crippen LogP contribution in [-0.4, -0.2) is 61.5 Å². The minimum absolute atomic E-state index is 0.0601. The lowest BCUT2D eigenvalue weighted by molar-refractivity contribution is -0.143. The summed E-state index contributed by atoms with van der Waals surface area (Å²) in [5, 5.41) is 0. The number of esters is 1. The van der Waals surface area contributed by atoms with Gasteiger partial charge < -0.3 is 14.5 Å². The number of amides is 1. The molecule has 0 saturated carbocycles. The standard InChI is InChI=1S/C22H34N2O3/c1-4-24(21(25)9-10-22(26)27-3)17-19-11-14-23(15-12-19)16-13-20-8-6-5-7-18(20)2/h5-8,19H,4,9-17H2,1-3H3. The predicted octanol–water partition coefficient (Wildman–Crippen LogP) is 3.05. The largest absolute Gasteiger partial charge is 0.469 e. The molecule has 1 amide bonds. The van der Waals surface area contributed by atoms with Crippen LogP contribution in [0.15, 0.2) is 24.3 Å². The Hall–Kier alpha value is -1.88. The SMILES string of the molecule is CCN(CC1CCN(CCc2ccccc2C)CC1)C(=O)CCC(=O)OC. The summed E-state index contributed by atoms with van der Waals surface area (Å²) in [7, 11) is 1.36. The summed E-state index contributed by atoms with van der Waals surface area (Å²) in [6.45, 7) is 9.00. The highest BCUT2D eigenvalue weighted by Gasteiger charge is 2.23. The van der Waals surface area contributed by atoms with E-state index in [1.54, 1.807) is 0 Å². The van der Waals surface area contributed by atoms with Gasteiger partial charge >= 0.3 is 5.97 Å². The number of piperidine rings is 1. The van der Waals surface area contributed by atoms with Gasteiger partial charge in [0.1, 0.15) is 0 Å². The Morgan fingerprint density at radius 2 is 1.89 bits per heavy atom. The van der Waals surface area contributed by atoms with Crippen LogP contribution in [-0.2, 0) is 20.7 Å². The molecule has 0 radical (unpaired) electrons. The van der Waals surface area contributed by atoms with Crippen LogP contribution < -0.4 is 0 Å². The Labute approximate surface area is 163 Å². The van der Waals surface area contributed by atoms with E-state index in [0.717, 1.165) is 45.4 Å². The summed E-state index contributed by atoms with van der Waals surface area (Å²) in [5.41, 5.74) is 2.81. The molecule has 1 aliphatic heterocycles. The molecule has 27 heavy (non-hydrogen) atoms. The number of carbonyl (C=O) groups is 2. The Morgan fingerprint density at radius 3 is 2.52 bits per heavy atom. The average molecular weight is 375 g/mol. The highest BCUT2D eigenvalue weighted by atomic mass is 16.5. The first kappa shape index (κ1) is 21.4. The van der Waals surface area contributed by atoms with Crippen molar-refractivity contribution in [2.45, 2.75) is 46.0 Å². The minimum atomic E-state index is -0.318. The lowest BCUT2D eigenvalue weighted by Crippen LogP contribution is -2.41. The summed E-state index contributed by atoms with van der Waals surface area (Å²) < 4.78 is 4.62.